The Labute approximate surface area is 94.0 Å². The van der Waals surface area contributed by atoms with Gasteiger partial charge >= 0.3 is 0 Å². The molecule has 0 aromatic heterocycles. The molecule has 1 fully saturated rings. The van der Waals surface area contributed by atoms with Gasteiger partial charge in [-0.1, -0.05) is 0 Å². The first kappa shape index (κ1) is 12.9. The second-order valence-electron chi connectivity index (χ2n) is 4.92. The summed E-state index contributed by atoms with van der Waals surface area (Å²) in [6.45, 7) is 10.2. The zero-order chi connectivity index (χ0) is 11.3. The van der Waals surface area contributed by atoms with Crippen LogP contribution in [0.5, 0.6) is 0 Å². The van der Waals surface area contributed by atoms with Crippen molar-refractivity contribution >= 4 is 0 Å². The van der Waals surface area contributed by atoms with Gasteiger partial charge in [0.05, 0.1) is 0 Å². The summed E-state index contributed by atoms with van der Waals surface area (Å²) < 4.78 is 0. The number of piperazine rings is 1. The van der Waals surface area contributed by atoms with Crippen LogP contribution in [-0.4, -0.2) is 80.7 Å². The lowest BCUT2D eigenvalue weighted by Crippen LogP contribution is -2.50. The van der Waals surface area contributed by atoms with Gasteiger partial charge < -0.3 is 10.6 Å². The second-order valence-corrected chi connectivity index (χ2v) is 4.92. The predicted molar refractivity (Wildman–Crippen MR) is 65.1 cm³/mol. The van der Waals surface area contributed by atoms with Crippen LogP contribution in [0.3, 0.4) is 0 Å². The topological polar surface area (TPSA) is 35.7 Å². The van der Waals surface area contributed by atoms with Gasteiger partial charge in [-0.25, -0.2) is 0 Å². The molecule has 0 aromatic carbocycles. The van der Waals surface area contributed by atoms with Gasteiger partial charge in [0, 0.05) is 51.9 Å². The maximum atomic E-state index is 5.79. The fourth-order valence-corrected chi connectivity index (χ4v) is 1.94. The number of rotatable bonds is 5. The van der Waals surface area contributed by atoms with Crippen molar-refractivity contribution in [2.45, 2.75) is 13.0 Å². The van der Waals surface area contributed by atoms with Gasteiger partial charge in [-0.05, 0) is 21.0 Å². The Morgan fingerprint density at radius 1 is 1.13 bits per heavy atom. The number of hydrogen-bond acceptors (Lipinski definition) is 4. The van der Waals surface area contributed by atoms with Crippen molar-refractivity contribution in [1.82, 2.24) is 14.7 Å². The minimum atomic E-state index is 0.304. The van der Waals surface area contributed by atoms with E-state index >= 15 is 0 Å². The average molecular weight is 214 g/mol. The Morgan fingerprint density at radius 3 is 2.13 bits per heavy atom. The molecule has 0 radical (unpaired) electrons. The monoisotopic (exact) mass is 214 g/mol. The van der Waals surface area contributed by atoms with Crippen molar-refractivity contribution in [3.8, 4) is 0 Å². The molecule has 90 valence electrons. The lowest BCUT2D eigenvalue weighted by molar-refractivity contribution is 0.122. The van der Waals surface area contributed by atoms with Crippen molar-refractivity contribution in [2.75, 3.05) is 59.9 Å². The van der Waals surface area contributed by atoms with Gasteiger partial charge in [-0.15, -0.1) is 0 Å². The van der Waals surface area contributed by atoms with Crippen LogP contribution < -0.4 is 5.73 Å². The molecule has 0 aromatic rings. The van der Waals surface area contributed by atoms with Crippen molar-refractivity contribution in [3.63, 3.8) is 0 Å². The number of nitrogens with two attached hydrogens (primary N) is 1. The van der Waals surface area contributed by atoms with Crippen LogP contribution in [0.1, 0.15) is 6.92 Å². The quantitative estimate of drug-likeness (QED) is 0.670. The molecule has 2 N–H and O–H groups in total. The van der Waals surface area contributed by atoms with Crippen molar-refractivity contribution in [2.24, 2.45) is 5.73 Å². The van der Waals surface area contributed by atoms with Gasteiger partial charge in [0.2, 0.25) is 0 Å². The molecule has 15 heavy (non-hydrogen) atoms. The Kier molecular flexibility index (Phi) is 5.53. The minimum absolute atomic E-state index is 0.304. The fourth-order valence-electron chi connectivity index (χ4n) is 1.94. The van der Waals surface area contributed by atoms with Crippen LogP contribution in [0.2, 0.25) is 0 Å². The largest absolute Gasteiger partial charge is 0.327 e. The molecule has 1 aliphatic heterocycles. The molecule has 1 saturated heterocycles. The standard InChI is InChI=1S/C11H26N4/c1-11(12)10-15-8-6-14(7-9-15)5-4-13(2)3/h11H,4-10,12H2,1-3H3. The summed E-state index contributed by atoms with van der Waals surface area (Å²) >= 11 is 0. The van der Waals surface area contributed by atoms with Crippen LogP contribution in [0.15, 0.2) is 0 Å². The molecule has 1 heterocycles. The zero-order valence-electron chi connectivity index (χ0n) is 10.4. The predicted octanol–water partition coefficient (Wildman–Crippen LogP) is -0.487. The lowest BCUT2D eigenvalue weighted by atomic mass is 10.2. The van der Waals surface area contributed by atoms with E-state index in [0.717, 1.165) is 13.1 Å². The Hall–Kier alpha value is -0.160. The lowest BCUT2D eigenvalue weighted by Gasteiger charge is -2.35. The van der Waals surface area contributed by atoms with Gasteiger partial charge in [0.25, 0.3) is 0 Å². The van der Waals surface area contributed by atoms with Gasteiger partial charge in [-0.3, -0.25) is 9.80 Å². The highest BCUT2D eigenvalue weighted by molar-refractivity contribution is 4.74. The number of likely N-dealkylation sites (N-methyl/N-ethyl adjacent to an activating group) is 1. The highest BCUT2D eigenvalue weighted by Crippen LogP contribution is 2.01. The Balaban J connectivity index is 2.12. The molecule has 0 spiro atoms. The Bertz CT molecular complexity index is 162. The molecule has 0 aliphatic carbocycles. The third-order valence-electron chi connectivity index (χ3n) is 2.87. The first-order valence-corrected chi connectivity index (χ1v) is 5.93. The van der Waals surface area contributed by atoms with E-state index in [2.05, 4.69) is 35.7 Å². The average Bonchev–Trinajstić information content (AvgIpc) is 2.16. The summed E-state index contributed by atoms with van der Waals surface area (Å²) in [5.74, 6) is 0. The highest BCUT2D eigenvalue weighted by atomic mass is 15.3. The fraction of sp³-hybridized carbons (Fsp3) is 1.00. The van der Waals surface area contributed by atoms with E-state index < -0.39 is 0 Å². The van der Waals surface area contributed by atoms with E-state index in [1.807, 2.05) is 0 Å². The first-order valence-electron chi connectivity index (χ1n) is 5.93. The molecule has 4 nitrogen and oxygen atoms in total. The molecule has 1 unspecified atom stereocenters. The molecule has 0 saturated carbocycles. The Morgan fingerprint density at radius 2 is 1.67 bits per heavy atom. The summed E-state index contributed by atoms with van der Waals surface area (Å²) in [5.41, 5.74) is 5.79. The van der Waals surface area contributed by atoms with Crippen LogP contribution in [0.4, 0.5) is 0 Å². The SMILES string of the molecule is CC(N)CN1CCN(CCN(C)C)CC1. The molecular weight excluding hydrogens is 188 g/mol. The molecular formula is C11H26N4. The van der Waals surface area contributed by atoms with Crippen LogP contribution in [0.25, 0.3) is 0 Å². The summed E-state index contributed by atoms with van der Waals surface area (Å²) in [6, 6.07) is 0.304. The maximum Gasteiger partial charge on any atom is 0.0139 e. The molecule has 0 bridgehead atoms. The van der Waals surface area contributed by atoms with Crippen LogP contribution in [0, 0.1) is 0 Å². The first-order chi connectivity index (χ1) is 7.08. The van der Waals surface area contributed by atoms with E-state index in [1.165, 1.54) is 32.7 Å². The summed E-state index contributed by atoms with van der Waals surface area (Å²) in [7, 11) is 4.26. The molecule has 1 rings (SSSR count). The molecule has 1 atom stereocenters. The van der Waals surface area contributed by atoms with Gasteiger partial charge in [-0.2, -0.15) is 0 Å². The third-order valence-corrected chi connectivity index (χ3v) is 2.87. The van der Waals surface area contributed by atoms with Crippen LogP contribution >= 0.6 is 0 Å². The zero-order valence-corrected chi connectivity index (χ0v) is 10.4. The van der Waals surface area contributed by atoms with E-state index in [-0.39, 0.29) is 0 Å². The van der Waals surface area contributed by atoms with Crippen molar-refractivity contribution < 1.29 is 0 Å². The normalized spacial score (nSPS) is 22.2. The third kappa shape index (κ3) is 5.47. The van der Waals surface area contributed by atoms with Gasteiger partial charge in [0.1, 0.15) is 0 Å². The molecule has 1 aliphatic rings. The molecule has 4 heteroatoms. The summed E-state index contributed by atoms with van der Waals surface area (Å²) in [5, 5.41) is 0. The van der Waals surface area contributed by atoms with Gasteiger partial charge in [0.15, 0.2) is 0 Å². The van der Waals surface area contributed by atoms with Crippen molar-refractivity contribution in [3.05, 3.63) is 0 Å². The summed E-state index contributed by atoms with van der Waals surface area (Å²) in [4.78, 5) is 7.25. The van der Waals surface area contributed by atoms with E-state index in [9.17, 15) is 0 Å². The van der Waals surface area contributed by atoms with Crippen LogP contribution in [-0.2, 0) is 0 Å². The smallest absolute Gasteiger partial charge is 0.0139 e. The number of nitrogens with zero attached hydrogens (tertiary/aromatic N) is 3. The minimum Gasteiger partial charge on any atom is -0.327 e. The van der Waals surface area contributed by atoms with E-state index in [1.54, 1.807) is 0 Å². The van der Waals surface area contributed by atoms with Crippen molar-refractivity contribution in [1.29, 1.82) is 0 Å². The van der Waals surface area contributed by atoms with E-state index in [0.29, 0.717) is 6.04 Å². The summed E-state index contributed by atoms with van der Waals surface area (Å²) in [6.07, 6.45) is 0. The number of hydrogen-bond donors (Lipinski definition) is 1. The highest BCUT2D eigenvalue weighted by Gasteiger charge is 2.16. The second kappa shape index (κ2) is 6.43. The van der Waals surface area contributed by atoms with E-state index in [4.69, 9.17) is 5.73 Å². The molecule has 0 amide bonds. The maximum absolute atomic E-state index is 5.79.